The maximum absolute atomic E-state index is 5.06. The second-order valence-corrected chi connectivity index (χ2v) is 4.22. The first-order valence-corrected chi connectivity index (χ1v) is 5.91. The van der Waals surface area contributed by atoms with E-state index in [2.05, 4.69) is 29.4 Å². The average molecular weight is 230 g/mol. The number of nitrogens with one attached hydrogen (secondary N) is 1. The van der Waals surface area contributed by atoms with E-state index in [0.29, 0.717) is 6.04 Å². The molecule has 0 aliphatic carbocycles. The number of hydrogen-bond acceptors (Lipinski definition) is 3. The van der Waals surface area contributed by atoms with E-state index in [1.807, 2.05) is 24.3 Å². The van der Waals surface area contributed by atoms with Crippen LogP contribution in [0.25, 0.3) is 10.9 Å². The van der Waals surface area contributed by atoms with Crippen molar-refractivity contribution in [1.29, 1.82) is 0 Å². The van der Waals surface area contributed by atoms with Gasteiger partial charge in [0.2, 0.25) is 0 Å². The van der Waals surface area contributed by atoms with Crippen LogP contribution in [-0.4, -0.2) is 24.7 Å². The fourth-order valence-corrected chi connectivity index (χ4v) is 1.77. The van der Waals surface area contributed by atoms with Crippen LogP contribution in [-0.2, 0) is 4.74 Å². The molecule has 90 valence electrons. The molecular formula is C14H18N2O. The smallest absolute Gasteiger partial charge is 0.126 e. The van der Waals surface area contributed by atoms with E-state index >= 15 is 0 Å². The van der Waals surface area contributed by atoms with Gasteiger partial charge in [0.1, 0.15) is 5.82 Å². The van der Waals surface area contributed by atoms with E-state index in [-0.39, 0.29) is 0 Å². The Hall–Kier alpha value is -1.61. The summed E-state index contributed by atoms with van der Waals surface area (Å²) in [5.41, 5.74) is 1.02. The molecule has 1 unspecified atom stereocenters. The van der Waals surface area contributed by atoms with Crippen molar-refractivity contribution in [2.75, 3.05) is 19.0 Å². The van der Waals surface area contributed by atoms with Crippen molar-refractivity contribution < 1.29 is 4.74 Å². The Bertz CT molecular complexity index is 484. The molecule has 1 atom stereocenters. The molecule has 3 heteroatoms. The van der Waals surface area contributed by atoms with Crippen molar-refractivity contribution in [2.45, 2.75) is 19.4 Å². The van der Waals surface area contributed by atoms with Gasteiger partial charge in [0.05, 0.1) is 5.52 Å². The van der Waals surface area contributed by atoms with Crippen LogP contribution in [0.5, 0.6) is 0 Å². The van der Waals surface area contributed by atoms with Gasteiger partial charge in [-0.05, 0) is 31.5 Å². The van der Waals surface area contributed by atoms with E-state index in [1.165, 1.54) is 5.39 Å². The fourth-order valence-electron chi connectivity index (χ4n) is 1.77. The zero-order valence-corrected chi connectivity index (χ0v) is 10.3. The highest BCUT2D eigenvalue weighted by atomic mass is 16.5. The summed E-state index contributed by atoms with van der Waals surface area (Å²) in [5, 5.41) is 4.55. The number of anilines is 1. The lowest BCUT2D eigenvalue weighted by molar-refractivity contribution is 0.191. The minimum Gasteiger partial charge on any atom is -0.385 e. The van der Waals surface area contributed by atoms with Crippen molar-refractivity contribution in [3.8, 4) is 0 Å². The van der Waals surface area contributed by atoms with Gasteiger partial charge >= 0.3 is 0 Å². The molecule has 2 aromatic rings. The zero-order chi connectivity index (χ0) is 12.1. The van der Waals surface area contributed by atoms with Gasteiger partial charge in [-0.25, -0.2) is 4.98 Å². The molecule has 1 heterocycles. The number of aromatic nitrogens is 1. The third kappa shape index (κ3) is 3.17. The quantitative estimate of drug-likeness (QED) is 0.857. The van der Waals surface area contributed by atoms with Crippen molar-refractivity contribution in [3.63, 3.8) is 0 Å². The average Bonchev–Trinajstić information content (AvgIpc) is 2.36. The summed E-state index contributed by atoms with van der Waals surface area (Å²) in [6.07, 6.45) is 0.977. The minimum atomic E-state index is 0.364. The molecule has 0 aliphatic heterocycles. The van der Waals surface area contributed by atoms with Gasteiger partial charge in [0.25, 0.3) is 0 Å². The maximum Gasteiger partial charge on any atom is 0.126 e. The van der Waals surface area contributed by atoms with E-state index in [9.17, 15) is 0 Å². The second kappa shape index (κ2) is 5.64. The van der Waals surface area contributed by atoms with Crippen LogP contribution in [0.15, 0.2) is 36.4 Å². The molecule has 0 saturated carbocycles. The number of nitrogens with zero attached hydrogens (tertiary/aromatic N) is 1. The predicted molar refractivity (Wildman–Crippen MR) is 71.3 cm³/mol. The first-order chi connectivity index (χ1) is 8.29. The lowest BCUT2D eigenvalue weighted by Crippen LogP contribution is -2.17. The monoisotopic (exact) mass is 230 g/mol. The van der Waals surface area contributed by atoms with Gasteiger partial charge in [-0.15, -0.1) is 0 Å². The standard InChI is InChI=1S/C14H18N2O/c1-11(9-10-17-2)15-14-8-7-12-5-3-4-6-13(12)16-14/h3-8,11H,9-10H2,1-2H3,(H,15,16). The van der Waals surface area contributed by atoms with Gasteiger partial charge in [0, 0.05) is 25.1 Å². The first kappa shape index (κ1) is 11.9. The lowest BCUT2D eigenvalue weighted by atomic mass is 10.2. The molecule has 2 rings (SSSR count). The molecule has 0 fully saturated rings. The maximum atomic E-state index is 5.06. The molecular weight excluding hydrogens is 212 g/mol. The number of hydrogen-bond donors (Lipinski definition) is 1. The van der Waals surface area contributed by atoms with Gasteiger partial charge < -0.3 is 10.1 Å². The van der Waals surface area contributed by atoms with Crippen LogP contribution >= 0.6 is 0 Å². The van der Waals surface area contributed by atoms with Crippen LogP contribution in [0.4, 0.5) is 5.82 Å². The Morgan fingerprint density at radius 3 is 2.88 bits per heavy atom. The van der Waals surface area contributed by atoms with Crippen LogP contribution in [0.1, 0.15) is 13.3 Å². The van der Waals surface area contributed by atoms with Crippen LogP contribution < -0.4 is 5.32 Å². The highest BCUT2D eigenvalue weighted by Gasteiger charge is 2.03. The molecule has 3 nitrogen and oxygen atoms in total. The van der Waals surface area contributed by atoms with Gasteiger partial charge in [-0.3, -0.25) is 0 Å². The molecule has 1 aromatic carbocycles. The molecule has 0 radical (unpaired) electrons. The minimum absolute atomic E-state index is 0.364. The largest absolute Gasteiger partial charge is 0.385 e. The van der Waals surface area contributed by atoms with E-state index in [0.717, 1.165) is 24.4 Å². The third-order valence-corrected chi connectivity index (χ3v) is 2.75. The number of pyridine rings is 1. The Labute approximate surface area is 102 Å². The molecule has 0 aliphatic rings. The number of methoxy groups -OCH3 is 1. The summed E-state index contributed by atoms with van der Waals surface area (Å²) in [5.74, 6) is 0.923. The zero-order valence-electron chi connectivity index (χ0n) is 10.3. The molecule has 0 saturated heterocycles. The molecule has 17 heavy (non-hydrogen) atoms. The van der Waals surface area contributed by atoms with E-state index in [1.54, 1.807) is 7.11 Å². The number of ether oxygens (including phenoxy) is 1. The number of fused-ring (bicyclic) bond motifs is 1. The summed E-state index contributed by atoms with van der Waals surface area (Å²) >= 11 is 0. The summed E-state index contributed by atoms with van der Waals surface area (Å²) in [4.78, 5) is 4.57. The van der Waals surface area contributed by atoms with E-state index in [4.69, 9.17) is 4.74 Å². The Morgan fingerprint density at radius 1 is 1.24 bits per heavy atom. The van der Waals surface area contributed by atoms with Crippen molar-refractivity contribution in [2.24, 2.45) is 0 Å². The van der Waals surface area contributed by atoms with Crippen LogP contribution in [0.2, 0.25) is 0 Å². The highest BCUT2D eigenvalue weighted by Crippen LogP contribution is 2.15. The molecule has 1 aromatic heterocycles. The summed E-state index contributed by atoms with van der Waals surface area (Å²) < 4.78 is 5.06. The normalized spacial score (nSPS) is 12.6. The van der Waals surface area contributed by atoms with Crippen molar-refractivity contribution >= 4 is 16.7 Å². The number of rotatable bonds is 5. The van der Waals surface area contributed by atoms with Gasteiger partial charge in [-0.1, -0.05) is 18.2 Å². The fraction of sp³-hybridized carbons (Fsp3) is 0.357. The topological polar surface area (TPSA) is 34.1 Å². The summed E-state index contributed by atoms with van der Waals surface area (Å²) in [6, 6.07) is 12.6. The molecule has 0 bridgehead atoms. The second-order valence-electron chi connectivity index (χ2n) is 4.22. The van der Waals surface area contributed by atoms with Crippen molar-refractivity contribution in [1.82, 2.24) is 4.98 Å². The third-order valence-electron chi connectivity index (χ3n) is 2.75. The molecule has 0 amide bonds. The SMILES string of the molecule is COCCC(C)Nc1ccc2ccccc2n1. The van der Waals surface area contributed by atoms with Crippen LogP contribution in [0.3, 0.4) is 0 Å². The molecule has 1 N–H and O–H groups in total. The summed E-state index contributed by atoms with van der Waals surface area (Å²) in [6.45, 7) is 2.90. The lowest BCUT2D eigenvalue weighted by Gasteiger charge is -2.14. The highest BCUT2D eigenvalue weighted by molar-refractivity contribution is 5.80. The predicted octanol–water partition coefficient (Wildman–Crippen LogP) is 3.07. The Balaban J connectivity index is 2.08. The Kier molecular flexibility index (Phi) is 3.94. The van der Waals surface area contributed by atoms with Crippen molar-refractivity contribution in [3.05, 3.63) is 36.4 Å². The van der Waals surface area contributed by atoms with Gasteiger partial charge in [0.15, 0.2) is 0 Å². The van der Waals surface area contributed by atoms with Crippen LogP contribution in [0, 0.1) is 0 Å². The first-order valence-electron chi connectivity index (χ1n) is 5.91. The molecule has 0 spiro atoms. The van der Waals surface area contributed by atoms with Gasteiger partial charge in [-0.2, -0.15) is 0 Å². The van der Waals surface area contributed by atoms with E-state index < -0.39 is 0 Å². The Morgan fingerprint density at radius 2 is 2.06 bits per heavy atom. The number of benzene rings is 1. The number of para-hydroxylation sites is 1. The summed E-state index contributed by atoms with van der Waals surface area (Å²) in [7, 11) is 1.72.